The third-order valence-electron chi connectivity index (χ3n) is 4.62. The highest BCUT2D eigenvalue weighted by atomic mass is 16.5. The molecule has 1 aromatic rings. The molecule has 0 radical (unpaired) electrons. The van der Waals surface area contributed by atoms with Crippen LogP contribution in [0.15, 0.2) is 12.1 Å². The molecule has 0 aromatic heterocycles. The van der Waals surface area contributed by atoms with Crippen molar-refractivity contribution in [3.63, 3.8) is 0 Å². The molecular formula is C19H29NO3. The Labute approximate surface area is 153 Å². The van der Waals surface area contributed by atoms with Crippen LogP contribution in [-0.2, 0) is 6.37 Å². The molecule has 1 fully saturated rings. The minimum absolute atomic E-state index is 0.104. The fraction of sp³-hybridized carbons (Fsp3) is 0.684. The van der Waals surface area contributed by atoms with E-state index in [4.69, 9.17) is 23.2 Å². The predicted octanol–water partition coefficient (Wildman–Crippen LogP) is 3.03. The Hall–Kier alpha value is -1.26. The molecule has 0 aliphatic carbocycles. The lowest BCUT2D eigenvalue weighted by Crippen LogP contribution is -2.48. The van der Waals surface area contributed by atoms with Gasteiger partial charge in [0.15, 0.2) is 11.5 Å². The number of nitrogens with zero attached hydrogens (tertiary/aromatic N) is 1. The van der Waals surface area contributed by atoms with Crippen molar-refractivity contribution in [3.8, 4) is 11.5 Å². The van der Waals surface area contributed by atoms with Crippen LogP contribution in [0, 0.1) is 11.8 Å². The molecule has 4 heteroatoms. The first-order chi connectivity index (χ1) is 14.8. The number of piperidine rings is 1. The Morgan fingerprint density at radius 2 is 2.09 bits per heavy atom. The minimum atomic E-state index is -2.97. The van der Waals surface area contributed by atoms with Crippen molar-refractivity contribution in [2.45, 2.75) is 45.2 Å². The number of methoxy groups -OCH3 is 2. The van der Waals surface area contributed by atoms with Gasteiger partial charge in [-0.15, -0.1) is 0 Å². The van der Waals surface area contributed by atoms with Gasteiger partial charge >= 0.3 is 0 Å². The van der Waals surface area contributed by atoms with E-state index in [1.165, 1.54) is 11.0 Å². The summed E-state index contributed by atoms with van der Waals surface area (Å²) in [4.78, 5) is 1.37. The minimum Gasteiger partial charge on any atom is -0.493 e. The van der Waals surface area contributed by atoms with Crippen LogP contribution in [0.2, 0.25) is 0 Å². The van der Waals surface area contributed by atoms with E-state index >= 15 is 0 Å². The van der Waals surface area contributed by atoms with Gasteiger partial charge in [0.2, 0.25) is 0 Å². The van der Waals surface area contributed by atoms with E-state index in [2.05, 4.69) is 0 Å². The number of fused-ring (bicyclic) bond motifs is 3. The van der Waals surface area contributed by atoms with Crippen molar-refractivity contribution in [3.05, 3.63) is 23.3 Å². The van der Waals surface area contributed by atoms with E-state index in [0.717, 1.165) is 6.07 Å². The molecule has 0 spiro atoms. The zero-order valence-corrected chi connectivity index (χ0v) is 13.3. The molecule has 0 bridgehead atoms. The summed E-state index contributed by atoms with van der Waals surface area (Å²) < 4.78 is 88.7. The lowest BCUT2D eigenvalue weighted by molar-refractivity contribution is -0.0191. The highest BCUT2D eigenvalue weighted by molar-refractivity contribution is 5.49. The first kappa shape index (κ1) is 8.21. The zero-order valence-electron chi connectivity index (χ0n) is 23.3. The third kappa shape index (κ3) is 3.20. The van der Waals surface area contributed by atoms with E-state index in [1.807, 2.05) is 13.8 Å². The summed E-state index contributed by atoms with van der Waals surface area (Å²) in [5, 5.41) is 10.8. The van der Waals surface area contributed by atoms with Crippen LogP contribution < -0.4 is 9.47 Å². The Morgan fingerprint density at radius 3 is 2.78 bits per heavy atom. The molecule has 1 saturated heterocycles. The van der Waals surface area contributed by atoms with Gasteiger partial charge in [0.05, 0.1) is 28.4 Å². The summed E-state index contributed by atoms with van der Waals surface area (Å²) in [5.41, 5.74) is 0.0646. The Bertz CT molecular complexity index is 884. The van der Waals surface area contributed by atoms with Crippen LogP contribution in [0.5, 0.6) is 11.5 Å². The molecule has 23 heavy (non-hydrogen) atoms. The highest BCUT2D eigenvalue weighted by Crippen LogP contribution is 2.43. The van der Waals surface area contributed by atoms with Crippen molar-refractivity contribution >= 4 is 0 Å². The van der Waals surface area contributed by atoms with Gasteiger partial charge in [0.25, 0.3) is 0 Å². The van der Waals surface area contributed by atoms with E-state index in [0.29, 0.717) is 6.42 Å². The Balaban J connectivity index is 2.17. The summed E-state index contributed by atoms with van der Waals surface area (Å²) in [7, 11) is -5.91. The van der Waals surface area contributed by atoms with Gasteiger partial charge in [0, 0.05) is 24.6 Å². The largest absolute Gasteiger partial charge is 0.493 e. The second-order valence-electron chi connectivity index (χ2n) is 6.69. The molecule has 0 saturated carbocycles. The average Bonchev–Trinajstić information content (AvgIpc) is 2.60. The molecule has 2 aliphatic heterocycles. The second kappa shape index (κ2) is 6.70. The molecule has 128 valence electrons. The fourth-order valence-electron chi connectivity index (χ4n) is 3.56. The molecule has 1 N–H and O–H groups in total. The summed E-state index contributed by atoms with van der Waals surface area (Å²) in [6, 6.07) is 1.44. The van der Waals surface area contributed by atoms with Gasteiger partial charge in [0.1, 0.15) is 0 Å². The van der Waals surface area contributed by atoms with Crippen molar-refractivity contribution in [1.82, 2.24) is 4.90 Å². The van der Waals surface area contributed by atoms with E-state index < -0.39 is 50.6 Å². The van der Waals surface area contributed by atoms with Crippen molar-refractivity contribution < 1.29 is 28.3 Å². The quantitative estimate of drug-likeness (QED) is 0.922. The number of hydrogen-bond donors (Lipinski definition) is 1. The summed E-state index contributed by atoms with van der Waals surface area (Å²) in [5.74, 6) is -0.946. The van der Waals surface area contributed by atoms with Crippen LogP contribution in [-0.4, -0.2) is 43.2 Å². The van der Waals surface area contributed by atoms with Crippen molar-refractivity contribution in [2.75, 3.05) is 27.1 Å². The van der Waals surface area contributed by atoms with Gasteiger partial charge in [-0.2, -0.15) is 0 Å². The number of aliphatic hydroxyl groups excluding tert-OH is 1. The van der Waals surface area contributed by atoms with E-state index in [-0.39, 0.29) is 35.9 Å². The smallest absolute Gasteiger partial charge is 0.161 e. The highest BCUT2D eigenvalue weighted by Gasteiger charge is 2.38. The molecule has 2 heterocycles. The molecule has 3 rings (SSSR count). The molecule has 4 nitrogen and oxygen atoms in total. The Morgan fingerprint density at radius 1 is 1.35 bits per heavy atom. The van der Waals surface area contributed by atoms with Gasteiger partial charge < -0.3 is 14.6 Å². The molecule has 2 aliphatic rings. The number of hydrogen-bond acceptors (Lipinski definition) is 4. The monoisotopic (exact) mass is 329 g/mol. The van der Waals surface area contributed by atoms with Gasteiger partial charge in [-0.3, -0.25) is 4.90 Å². The van der Waals surface area contributed by atoms with E-state index in [9.17, 15) is 5.11 Å². The van der Waals surface area contributed by atoms with Gasteiger partial charge in [-0.25, -0.2) is 0 Å². The maximum atomic E-state index is 10.8. The van der Waals surface area contributed by atoms with Crippen LogP contribution in [0.25, 0.3) is 0 Å². The standard InChI is InChI=1S/C19H29NO3/c1-12(2)7-14-11-20-6-5-13-8-18(22-3)19(23-4)9-15(13)16(20)10-17(14)21/h8-9,12,14,16-17,21H,5-7,10-11H2,1-4H3/t14-,16-,17+/m0/s1/i3D3,4D3,5D2,6D2. The van der Waals surface area contributed by atoms with Crippen molar-refractivity contribution in [1.29, 1.82) is 0 Å². The molecule has 0 unspecified atom stereocenters. The lowest BCUT2D eigenvalue weighted by atomic mass is 9.79. The second-order valence-corrected chi connectivity index (χ2v) is 6.69. The lowest BCUT2D eigenvalue weighted by Gasteiger charge is -2.46. The maximum absolute atomic E-state index is 10.8. The summed E-state index contributed by atoms with van der Waals surface area (Å²) in [6.45, 7) is 1.61. The SMILES string of the molecule is [2H]C([2H])([2H])Oc1cc2c(cc1OC([2H])([2H])[2H])C([2H])([2H])C([2H])([2H])N1C[C@H](CC(C)C)[C@H](O)C[C@@H]21. The summed E-state index contributed by atoms with van der Waals surface area (Å²) in [6.07, 6.45) is -2.62. The number of aliphatic hydroxyl groups is 1. The van der Waals surface area contributed by atoms with E-state index in [1.54, 1.807) is 0 Å². The van der Waals surface area contributed by atoms with Crippen LogP contribution in [0.4, 0.5) is 0 Å². The molecular weight excluding hydrogens is 290 g/mol. The number of benzene rings is 1. The van der Waals surface area contributed by atoms with Crippen LogP contribution >= 0.6 is 0 Å². The molecule has 1 aromatic carbocycles. The average molecular weight is 330 g/mol. The van der Waals surface area contributed by atoms with Crippen LogP contribution in [0.3, 0.4) is 0 Å². The third-order valence-corrected chi connectivity index (χ3v) is 4.62. The van der Waals surface area contributed by atoms with Gasteiger partial charge in [-0.05, 0) is 54.3 Å². The number of aryl methyl sites for hydroxylation is 1. The number of ether oxygens (including phenoxy) is 2. The first-order valence-corrected chi connectivity index (χ1v) is 7.85. The molecule has 3 atom stereocenters. The van der Waals surface area contributed by atoms with Crippen molar-refractivity contribution in [2.24, 2.45) is 11.8 Å². The molecule has 0 amide bonds. The summed E-state index contributed by atoms with van der Waals surface area (Å²) >= 11 is 0. The first-order valence-electron chi connectivity index (χ1n) is 12.8. The Kier molecular flexibility index (Phi) is 2.39. The maximum Gasteiger partial charge on any atom is 0.161 e. The zero-order chi connectivity index (χ0) is 25.1. The number of rotatable bonds is 4. The topological polar surface area (TPSA) is 41.9 Å². The van der Waals surface area contributed by atoms with Gasteiger partial charge in [-0.1, -0.05) is 13.8 Å². The van der Waals surface area contributed by atoms with Crippen LogP contribution in [0.1, 0.15) is 57.6 Å². The fourth-order valence-corrected chi connectivity index (χ4v) is 3.56. The normalized spacial score (nSPS) is 39.4. The predicted molar refractivity (Wildman–Crippen MR) is 91.1 cm³/mol.